The molecule has 17 heavy (non-hydrogen) atoms. The third kappa shape index (κ3) is 2.18. The van der Waals surface area contributed by atoms with E-state index in [9.17, 15) is 4.39 Å². The molecule has 5 heteroatoms. The molecule has 0 saturated heterocycles. The van der Waals surface area contributed by atoms with Crippen LogP contribution in [0.4, 0.5) is 4.39 Å². The minimum atomic E-state index is -0.275. The van der Waals surface area contributed by atoms with E-state index in [4.69, 9.17) is 10.5 Å². The summed E-state index contributed by atoms with van der Waals surface area (Å²) in [5, 5.41) is 3.10. The van der Waals surface area contributed by atoms with Gasteiger partial charge in [0.05, 0.1) is 0 Å². The molecule has 1 saturated carbocycles. The number of halogens is 1. The van der Waals surface area contributed by atoms with Crippen LogP contribution in [0.5, 0.6) is 5.75 Å². The first kappa shape index (κ1) is 10.4. The largest absolute Gasteiger partial charge is 0.491 e. The maximum Gasteiger partial charge on any atom is 0.189 e. The van der Waals surface area contributed by atoms with E-state index in [0.717, 1.165) is 18.4 Å². The zero-order chi connectivity index (χ0) is 11.8. The average molecular weight is 235 g/mol. The van der Waals surface area contributed by atoms with Crippen LogP contribution in [0.3, 0.4) is 0 Å². The summed E-state index contributed by atoms with van der Waals surface area (Å²) in [5.41, 5.74) is 6.55. The second-order valence-corrected chi connectivity index (χ2v) is 4.44. The molecule has 0 radical (unpaired) electrons. The zero-order valence-electron chi connectivity index (χ0n) is 9.32. The van der Waals surface area contributed by atoms with Crippen molar-refractivity contribution in [2.45, 2.75) is 24.9 Å². The number of aliphatic imine (C=N–C) groups is 1. The van der Waals surface area contributed by atoms with Crippen molar-refractivity contribution < 1.29 is 9.13 Å². The van der Waals surface area contributed by atoms with Crippen molar-refractivity contribution in [3.63, 3.8) is 0 Å². The van der Waals surface area contributed by atoms with Gasteiger partial charge >= 0.3 is 0 Å². The Kier molecular flexibility index (Phi) is 2.39. The Bertz CT molecular complexity index is 471. The van der Waals surface area contributed by atoms with Crippen LogP contribution in [0.2, 0.25) is 0 Å². The van der Waals surface area contributed by atoms with Gasteiger partial charge in [0, 0.05) is 11.6 Å². The number of nitrogens with one attached hydrogen (secondary N) is 1. The Morgan fingerprint density at radius 1 is 1.47 bits per heavy atom. The quantitative estimate of drug-likeness (QED) is 0.600. The van der Waals surface area contributed by atoms with Crippen molar-refractivity contribution in [1.29, 1.82) is 0 Å². The number of nitrogens with two attached hydrogens (primary N) is 1. The number of fused-ring (bicyclic) bond motifs is 1. The van der Waals surface area contributed by atoms with E-state index in [1.165, 1.54) is 12.1 Å². The summed E-state index contributed by atoms with van der Waals surface area (Å²) in [4.78, 5) is 4.33. The van der Waals surface area contributed by atoms with Gasteiger partial charge in [-0.05, 0) is 31.0 Å². The van der Waals surface area contributed by atoms with Crippen LogP contribution in [0.25, 0.3) is 0 Å². The lowest BCUT2D eigenvalue weighted by Crippen LogP contribution is -2.33. The summed E-state index contributed by atoms with van der Waals surface area (Å²) in [5.74, 6) is 0.834. The van der Waals surface area contributed by atoms with Gasteiger partial charge in [-0.2, -0.15) is 0 Å². The molecule has 3 rings (SSSR count). The highest BCUT2D eigenvalue weighted by Gasteiger charge is 2.26. The molecular weight excluding hydrogens is 221 g/mol. The Labute approximate surface area is 98.7 Å². The van der Waals surface area contributed by atoms with Gasteiger partial charge in [0.2, 0.25) is 0 Å². The topological polar surface area (TPSA) is 59.6 Å². The molecule has 0 bridgehead atoms. The maximum absolute atomic E-state index is 13.1. The molecule has 90 valence electrons. The van der Waals surface area contributed by atoms with E-state index in [-0.39, 0.29) is 11.9 Å². The first-order valence-corrected chi connectivity index (χ1v) is 5.74. The first-order valence-electron chi connectivity index (χ1n) is 5.74. The fraction of sp³-hybridized carbons (Fsp3) is 0.417. The van der Waals surface area contributed by atoms with Crippen molar-refractivity contribution in [1.82, 2.24) is 5.32 Å². The number of guanidine groups is 1. The third-order valence-electron chi connectivity index (χ3n) is 2.95. The van der Waals surface area contributed by atoms with Gasteiger partial charge in [-0.3, -0.25) is 0 Å². The fourth-order valence-corrected chi connectivity index (χ4v) is 1.92. The summed E-state index contributed by atoms with van der Waals surface area (Å²) in [7, 11) is 0. The normalized spacial score (nSPS) is 23.1. The number of nitrogens with zero attached hydrogens (tertiary/aromatic N) is 1. The molecule has 1 aliphatic heterocycles. The van der Waals surface area contributed by atoms with E-state index in [0.29, 0.717) is 24.4 Å². The number of rotatable bonds is 2. The molecule has 1 aromatic carbocycles. The molecule has 1 unspecified atom stereocenters. The van der Waals surface area contributed by atoms with Gasteiger partial charge in [-0.25, -0.2) is 9.38 Å². The van der Waals surface area contributed by atoms with Crippen molar-refractivity contribution in [2.24, 2.45) is 10.7 Å². The van der Waals surface area contributed by atoms with Crippen LogP contribution in [-0.4, -0.2) is 18.6 Å². The minimum Gasteiger partial charge on any atom is -0.491 e. The Morgan fingerprint density at radius 2 is 2.29 bits per heavy atom. The van der Waals surface area contributed by atoms with Gasteiger partial charge in [-0.1, -0.05) is 0 Å². The summed E-state index contributed by atoms with van der Waals surface area (Å²) >= 11 is 0. The Hall–Kier alpha value is -1.78. The highest BCUT2D eigenvalue weighted by Crippen LogP contribution is 2.35. The lowest BCUT2D eigenvalue weighted by atomic mass is 10.1. The number of hydrogen-bond acceptors (Lipinski definition) is 2. The molecule has 4 nitrogen and oxygen atoms in total. The SMILES string of the molecule is NC(=NC1COc2ccc(F)cc21)NC1CC1. The molecule has 1 atom stereocenters. The average Bonchev–Trinajstić information content (AvgIpc) is 3.01. The van der Waals surface area contributed by atoms with Crippen molar-refractivity contribution >= 4 is 5.96 Å². The van der Waals surface area contributed by atoms with Crippen LogP contribution < -0.4 is 15.8 Å². The molecule has 1 heterocycles. The van der Waals surface area contributed by atoms with E-state index in [1.54, 1.807) is 6.07 Å². The number of benzene rings is 1. The summed E-state index contributed by atoms with van der Waals surface area (Å²) in [6.45, 7) is 0.422. The summed E-state index contributed by atoms with van der Waals surface area (Å²) < 4.78 is 18.6. The van der Waals surface area contributed by atoms with Crippen molar-refractivity contribution in [3.8, 4) is 5.75 Å². The van der Waals surface area contributed by atoms with E-state index in [1.807, 2.05) is 0 Å². The maximum atomic E-state index is 13.1. The van der Waals surface area contributed by atoms with Crippen LogP contribution in [0, 0.1) is 5.82 Å². The van der Waals surface area contributed by atoms with Crippen LogP contribution in [0.1, 0.15) is 24.4 Å². The molecule has 1 fully saturated rings. The smallest absolute Gasteiger partial charge is 0.189 e. The van der Waals surface area contributed by atoms with Gasteiger partial charge < -0.3 is 15.8 Å². The molecule has 0 aromatic heterocycles. The molecule has 0 spiro atoms. The second kappa shape index (κ2) is 3.91. The summed E-state index contributed by atoms with van der Waals surface area (Å²) in [6.07, 6.45) is 2.28. The van der Waals surface area contributed by atoms with Gasteiger partial charge in [0.15, 0.2) is 5.96 Å². The highest BCUT2D eigenvalue weighted by molar-refractivity contribution is 5.79. The van der Waals surface area contributed by atoms with Gasteiger partial charge in [0.1, 0.15) is 24.2 Å². The van der Waals surface area contributed by atoms with Gasteiger partial charge in [-0.15, -0.1) is 0 Å². The van der Waals surface area contributed by atoms with Crippen LogP contribution >= 0.6 is 0 Å². The monoisotopic (exact) mass is 235 g/mol. The Balaban J connectivity index is 1.79. The first-order chi connectivity index (χ1) is 8.22. The number of hydrogen-bond donors (Lipinski definition) is 2. The van der Waals surface area contributed by atoms with E-state index in [2.05, 4.69) is 10.3 Å². The minimum absolute atomic E-state index is 0.202. The molecule has 1 aliphatic carbocycles. The predicted octanol–water partition coefficient (Wildman–Crippen LogP) is 1.33. The molecule has 0 amide bonds. The predicted molar refractivity (Wildman–Crippen MR) is 62.4 cm³/mol. The standard InChI is InChI=1S/C12H14FN3O/c13-7-1-4-11-9(5-7)10(6-17-11)16-12(14)15-8-2-3-8/h1,4-5,8,10H,2-3,6H2,(H3,14,15,16). The Morgan fingerprint density at radius 3 is 3.06 bits per heavy atom. The second-order valence-electron chi connectivity index (χ2n) is 4.44. The molecule has 1 aromatic rings. The zero-order valence-corrected chi connectivity index (χ0v) is 9.32. The van der Waals surface area contributed by atoms with E-state index < -0.39 is 0 Å². The van der Waals surface area contributed by atoms with Gasteiger partial charge in [0.25, 0.3) is 0 Å². The lowest BCUT2D eigenvalue weighted by molar-refractivity contribution is 0.333. The lowest BCUT2D eigenvalue weighted by Gasteiger charge is -2.07. The van der Waals surface area contributed by atoms with Crippen LogP contribution in [0.15, 0.2) is 23.2 Å². The molecule has 3 N–H and O–H groups in total. The molecular formula is C12H14FN3O. The number of ether oxygens (including phenoxy) is 1. The van der Waals surface area contributed by atoms with E-state index >= 15 is 0 Å². The molecule has 2 aliphatic rings. The summed E-state index contributed by atoms with van der Waals surface area (Å²) in [6, 6.07) is 4.74. The third-order valence-corrected chi connectivity index (χ3v) is 2.95. The van der Waals surface area contributed by atoms with Crippen LogP contribution in [-0.2, 0) is 0 Å². The van der Waals surface area contributed by atoms with Crippen molar-refractivity contribution in [3.05, 3.63) is 29.6 Å². The van der Waals surface area contributed by atoms with Crippen molar-refractivity contribution in [2.75, 3.05) is 6.61 Å². The fourth-order valence-electron chi connectivity index (χ4n) is 1.92. The highest BCUT2D eigenvalue weighted by atomic mass is 19.1.